The molecule has 1 fully saturated rings. The van der Waals surface area contributed by atoms with E-state index in [-0.39, 0.29) is 11.2 Å². The van der Waals surface area contributed by atoms with Gasteiger partial charge in [0.15, 0.2) is 0 Å². The maximum atomic E-state index is 11.4. The highest BCUT2D eigenvalue weighted by atomic mass is 32.2. The van der Waals surface area contributed by atoms with Gasteiger partial charge in [-0.05, 0) is 24.7 Å². The summed E-state index contributed by atoms with van der Waals surface area (Å²) in [6.45, 7) is 5.55. The van der Waals surface area contributed by atoms with E-state index in [0.29, 0.717) is 12.3 Å². The third-order valence-electron chi connectivity index (χ3n) is 2.86. The van der Waals surface area contributed by atoms with Crippen LogP contribution < -0.4 is 5.14 Å². The lowest BCUT2D eigenvalue weighted by Gasteiger charge is -2.20. The second-order valence-electron chi connectivity index (χ2n) is 4.31. The van der Waals surface area contributed by atoms with Gasteiger partial charge >= 0.3 is 0 Å². The molecule has 1 aliphatic rings. The molecule has 0 aliphatic heterocycles. The molecule has 4 heteroatoms. The van der Waals surface area contributed by atoms with E-state index in [0.717, 1.165) is 19.3 Å². The number of rotatable bonds is 6. The van der Waals surface area contributed by atoms with Gasteiger partial charge in [0.1, 0.15) is 0 Å². The fourth-order valence-electron chi connectivity index (χ4n) is 1.79. The fraction of sp³-hybridized carbons (Fsp3) is 0.800. The number of primary sulfonamides is 1. The summed E-state index contributed by atoms with van der Waals surface area (Å²) in [5.41, 5.74) is 0. The molecule has 0 aromatic heterocycles. The number of nitrogens with two attached hydrogens (primary N) is 1. The van der Waals surface area contributed by atoms with E-state index < -0.39 is 10.0 Å². The van der Waals surface area contributed by atoms with E-state index in [1.807, 2.05) is 6.92 Å². The molecular weight excluding hydrogens is 198 g/mol. The van der Waals surface area contributed by atoms with E-state index in [9.17, 15) is 8.42 Å². The lowest BCUT2D eigenvalue weighted by atomic mass is 9.99. The molecule has 82 valence electrons. The predicted octanol–water partition coefficient (Wildman–Crippen LogP) is 1.66. The summed E-state index contributed by atoms with van der Waals surface area (Å²) in [6.07, 6.45) is 5.52. The third-order valence-corrected chi connectivity index (χ3v) is 4.36. The summed E-state index contributed by atoms with van der Waals surface area (Å²) in [4.78, 5) is 0. The minimum atomic E-state index is -3.39. The maximum Gasteiger partial charge on any atom is 0.212 e. The van der Waals surface area contributed by atoms with Crippen LogP contribution in [0.1, 0.15) is 32.6 Å². The van der Waals surface area contributed by atoms with Gasteiger partial charge in [0, 0.05) is 0 Å². The average molecular weight is 217 g/mol. The lowest BCUT2D eigenvalue weighted by Crippen LogP contribution is -2.34. The first-order chi connectivity index (χ1) is 6.45. The molecule has 0 heterocycles. The van der Waals surface area contributed by atoms with Crippen LogP contribution >= 0.6 is 0 Å². The van der Waals surface area contributed by atoms with Gasteiger partial charge < -0.3 is 0 Å². The lowest BCUT2D eigenvalue weighted by molar-refractivity contribution is 0.473. The molecule has 3 nitrogen and oxygen atoms in total. The fourth-order valence-corrected chi connectivity index (χ4v) is 3.09. The summed E-state index contributed by atoms with van der Waals surface area (Å²) in [7, 11) is -3.39. The molecule has 0 aromatic rings. The van der Waals surface area contributed by atoms with E-state index in [1.54, 1.807) is 6.08 Å². The van der Waals surface area contributed by atoms with Gasteiger partial charge in [0.05, 0.1) is 5.25 Å². The molecule has 1 aliphatic carbocycles. The molecular formula is C10H19NO2S. The Hall–Kier alpha value is -0.350. The van der Waals surface area contributed by atoms with E-state index in [1.165, 1.54) is 0 Å². The van der Waals surface area contributed by atoms with Crippen molar-refractivity contribution in [1.82, 2.24) is 0 Å². The minimum absolute atomic E-state index is 0.0862. The van der Waals surface area contributed by atoms with Gasteiger partial charge in [-0.3, -0.25) is 0 Å². The van der Waals surface area contributed by atoms with Gasteiger partial charge in [-0.15, -0.1) is 6.58 Å². The molecule has 0 radical (unpaired) electrons. The Morgan fingerprint density at radius 3 is 2.50 bits per heavy atom. The normalized spacial score (nSPS) is 21.6. The van der Waals surface area contributed by atoms with Gasteiger partial charge in [-0.2, -0.15) is 0 Å². The highest BCUT2D eigenvalue weighted by Crippen LogP contribution is 2.37. The summed E-state index contributed by atoms with van der Waals surface area (Å²) in [6, 6.07) is 0. The number of sulfonamides is 1. The van der Waals surface area contributed by atoms with Gasteiger partial charge in [0.2, 0.25) is 10.0 Å². The van der Waals surface area contributed by atoms with Crippen LogP contribution in [0, 0.1) is 11.8 Å². The summed E-state index contributed by atoms with van der Waals surface area (Å²) >= 11 is 0. The molecule has 0 spiro atoms. The predicted molar refractivity (Wildman–Crippen MR) is 58.2 cm³/mol. The Bertz CT molecular complexity index is 293. The topological polar surface area (TPSA) is 60.2 Å². The van der Waals surface area contributed by atoms with Crippen molar-refractivity contribution in [3.8, 4) is 0 Å². The van der Waals surface area contributed by atoms with Crippen LogP contribution in [0.2, 0.25) is 0 Å². The molecule has 0 amide bonds. The summed E-state index contributed by atoms with van der Waals surface area (Å²) in [5, 5.41) is 4.84. The largest absolute Gasteiger partial charge is 0.228 e. The molecule has 2 atom stereocenters. The second-order valence-corrected chi connectivity index (χ2v) is 6.09. The molecule has 0 bridgehead atoms. The first-order valence-corrected chi connectivity index (χ1v) is 6.68. The quantitative estimate of drug-likeness (QED) is 0.688. The second kappa shape index (κ2) is 4.45. The Kier molecular flexibility index (Phi) is 3.72. The van der Waals surface area contributed by atoms with Crippen molar-refractivity contribution in [2.24, 2.45) is 17.0 Å². The molecule has 0 aromatic carbocycles. The van der Waals surface area contributed by atoms with Crippen molar-refractivity contribution in [3.05, 3.63) is 12.7 Å². The SMILES string of the molecule is C=CC[C@@H](C)[C@H](CC1CC1)S(N)(=O)=O. The van der Waals surface area contributed by atoms with Gasteiger partial charge in [0.25, 0.3) is 0 Å². The molecule has 1 saturated carbocycles. The van der Waals surface area contributed by atoms with Crippen LogP contribution in [0.25, 0.3) is 0 Å². The smallest absolute Gasteiger partial charge is 0.212 e. The Balaban J connectivity index is 2.64. The van der Waals surface area contributed by atoms with Crippen LogP contribution in [0.5, 0.6) is 0 Å². The molecule has 2 N–H and O–H groups in total. The number of hydrogen-bond donors (Lipinski definition) is 1. The van der Waals surface area contributed by atoms with Crippen LogP contribution in [0.15, 0.2) is 12.7 Å². The van der Waals surface area contributed by atoms with Crippen molar-refractivity contribution in [3.63, 3.8) is 0 Å². The van der Waals surface area contributed by atoms with Crippen LogP contribution in [0.4, 0.5) is 0 Å². The third kappa shape index (κ3) is 3.42. The Morgan fingerprint density at radius 1 is 1.57 bits per heavy atom. The zero-order chi connectivity index (χ0) is 10.8. The van der Waals surface area contributed by atoms with Gasteiger partial charge in [-0.25, -0.2) is 13.6 Å². The summed E-state index contributed by atoms with van der Waals surface area (Å²) in [5.74, 6) is 0.675. The Labute approximate surface area is 86.4 Å². The van der Waals surface area contributed by atoms with Crippen molar-refractivity contribution in [1.29, 1.82) is 0 Å². The van der Waals surface area contributed by atoms with Crippen LogP contribution in [-0.2, 0) is 10.0 Å². The van der Waals surface area contributed by atoms with Crippen molar-refractivity contribution in [2.45, 2.75) is 37.9 Å². The molecule has 0 saturated heterocycles. The van der Waals surface area contributed by atoms with Crippen molar-refractivity contribution < 1.29 is 8.42 Å². The van der Waals surface area contributed by atoms with E-state index in [2.05, 4.69) is 6.58 Å². The van der Waals surface area contributed by atoms with E-state index >= 15 is 0 Å². The average Bonchev–Trinajstić information content (AvgIpc) is 2.81. The molecule has 1 rings (SSSR count). The molecule has 14 heavy (non-hydrogen) atoms. The maximum absolute atomic E-state index is 11.4. The highest BCUT2D eigenvalue weighted by molar-refractivity contribution is 7.89. The van der Waals surface area contributed by atoms with Crippen molar-refractivity contribution in [2.75, 3.05) is 0 Å². The number of allylic oxidation sites excluding steroid dienone is 1. The highest BCUT2D eigenvalue weighted by Gasteiger charge is 2.34. The van der Waals surface area contributed by atoms with Crippen LogP contribution in [0.3, 0.4) is 0 Å². The van der Waals surface area contributed by atoms with E-state index in [4.69, 9.17) is 5.14 Å². The van der Waals surface area contributed by atoms with Crippen LogP contribution in [-0.4, -0.2) is 13.7 Å². The number of hydrogen-bond acceptors (Lipinski definition) is 2. The first kappa shape index (κ1) is 11.7. The van der Waals surface area contributed by atoms with Crippen molar-refractivity contribution >= 4 is 10.0 Å². The molecule has 0 unspecified atom stereocenters. The zero-order valence-electron chi connectivity index (χ0n) is 8.65. The minimum Gasteiger partial charge on any atom is -0.228 e. The monoisotopic (exact) mass is 217 g/mol. The Morgan fingerprint density at radius 2 is 2.14 bits per heavy atom. The summed E-state index contributed by atoms with van der Waals surface area (Å²) < 4.78 is 22.7. The standard InChI is InChI=1S/C10H19NO2S/c1-3-4-8(2)10(14(11,12)13)7-9-5-6-9/h3,8-10H,1,4-7H2,2H3,(H2,11,12,13)/t8-,10+/m1/s1. The zero-order valence-corrected chi connectivity index (χ0v) is 9.46. The first-order valence-electron chi connectivity index (χ1n) is 5.07. The van der Waals surface area contributed by atoms with Gasteiger partial charge in [-0.1, -0.05) is 25.8 Å².